The predicted octanol–water partition coefficient (Wildman–Crippen LogP) is 13.6. The summed E-state index contributed by atoms with van der Waals surface area (Å²) in [6.45, 7) is 36.4. The lowest BCUT2D eigenvalue weighted by atomic mass is 9.65. The molecule has 2 aliphatic carbocycles. The summed E-state index contributed by atoms with van der Waals surface area (Å²) in [5, 5.41) is 0. The molecule has 4 aromatic carbocycles. The van der Waals surface area contributed by atoms with Crippen LogP contribution in [-0.4, -0.2) is 36.6 Å². The molecular formula is C57H78B2O4. The van der Waals surface area contributed by atoms with Crippen molar-refractivity contribution in [3.8, 4) is 22.3 Å². The first-order valence-corrected chi connectivity index (χ1v) is 24.7. The van der Waals surface area contributed by atoms with E-state index in [1.165, 1.54) is 94.2 Å². The lowest BCUT2D eigenvalue weighted by molar-refractivity contribution is 0.00578. The van der Waals surface area contributed by atoms with E-state index in [9.17, 15) is 0 Å². The van der Waals surface area contributed by atoms with Crippen LogP contribution in [0, 0.1) is 11.8 Å². The Kier molecular flexibility index (Phi) is 11.8. The summed E-state index contributed by atoms with van der Waals surface area (Å²) < 4.78 is 27.3. The smallest absolute Gasteiger partial charge is 0.399 e. The molecule has 1 spiro atoms. The Balaban J connectivity index is 1.42. The third-order valence-electron chi connectivity index (χ3n) is 17.3. The second-order valence-electron chi connectivity index (χ2n) is 23.5. The van der Waals surface area contributed by atoms with Crippen molar-refractivity contribution in [3.63, 3.8) is 0 Å². The molecule has 2 saturated heterocycles. The van der Waals surface area contributed by atoms with E-state index < -0.39 is 42.1 Å². The highest BCUT2D eigenvalue weighted by Crippen LogP contribution is 2.64. The van der Waals surface area contributed by atoms with Gasteiger partial charge in [0.2, 0.25) is 0 Å². The normalized spacial score (nSPS) is 21.4. The highest BCUT2D eigenvalue weighted by Gasteiger charge is 2.57. The van der Waals surface area contributed by atoms with E-state index in [0.717, 1.165) is 23.8 Å². The topological polar surface area (TPSA) is 36.9 Å². The third kappa shape index (κ3) is 7.54. The van der Waals surface area contributed by atoms with Crippen LogP contribution in [0.2, 0.25) is 0 Å². The molecule has 0 saturated carbocycles. The summed E-state index contributed by atoms with van der Waals surface area (Å²) in [5.74, 6) is 1.39. The standard InChI is InChI=1S/C57H78B2O4/c1-17-55(15,31-19-21-37(3)4)39-23-27-43-44-28-24-40(56(16,18-2)32-20-22-38(5)6)34-48(44)57(47(43)33-39)49-35-41(58-60-51(7,8)52(9,10)61-58)25-29-45(49)46-30-26-42(36-50(46)57)59-62-53(11,12)54(13,14)63-59/h23-30,33-38H,17-22,31-32H2,1-16H3. The van der Waals surface area contributed by atoms with E-state index in [-0.39, 0.29) is 10.8 Å². The van der Waals surface area contributed by atoms with Crippen LogP contribution in [-0.2, 0) is 34.9 Å². The van der Waals surface area contributed by atoms with Gasteiger partial charge in [0.25, 0.3) is 0 Å². The van der Waals surface area contributed by atoms with Gasteiger partial charge in [-0.15, -0.1) is 0 Å². The Morgan fingerprint density at radius 1 is 0.460 bits per heavy atom. The quantitative estimate of drug-likeness (QED) is 0.102. The molecule has 4 aliphatic rings. The molecule has 4 aromatic rings. The molecule has 0 amide bonds. The number of fused-ring (bicyclic) bond motifs is 10. The van der Waals surface area contributed by atoms with Gasteiger partial charge in [0.05, 0.1) is 27.8 Å². The highest BCUT2D eigenvalue weighted by atomic mass is 16.7. The molecule has 63 heavy (non-hydrogen) atoms. The highest BCUT2D eigenvalue weighted by molar-refractivity contribution is 6.62. The zero-order chi connectivity index (χ0) is 45.7. The number of rotatable bonds is 14. The fourth-order valence-corrected chi connectivity index (χ4v) is 11.1. The fraction of sp³-hybridized carbons (Fsp3) is 0.579. The zero-order valence-electron chi connectivity index (χ0n) is 42.0. The van der Waals surface area contributed by atoms with Gasteiger partial charge >= 0.3 is 14.2 Å². The Hall–Kier alpha value is -3.15. The summed E-state index contributed by atoms with van der Waals surface area (Å²) >= 11 is 0. The largest absolute Gasteiger partial charge is 0.494 e. The van der Waals surface area contributed by atoms with E-state index in [4.69, 9.17) is 18.6 Å². The van der Waals surface area contributed by atoms with Crippen molar-refractivity contribution in [1.82, 2.24) is 0 Å². The van der Waals surface area contributed by atoms with Crippen molar-refractivity contribution in [1.29, 1.82) is 0 Å². The molecule has 0 radical (unpaired) electrons. The van der Waals surface area contributed by atoms with Crippen molar-refractivity contribution >= 4 is 25.2 Å². The molecule has 0 bridgehead atoms. The minimum Gasteiger partial charge on any atom is -0.399 e. The molecule has 2 unspecified atom stereocenters. The van der Waals surface area contributed by atoms with Crippen molar-refractivity contribution in [2.45, 2.75) is 201 Å². The maximum absolute atomic E-state index is 6.81. The molecule has 0 aromatic heterocycles. The molecule has 6 heteroatoms. The SMILES string of the molecule is CCC(C)(CCCC(C)C)c1ccc2c(c1)C1(c3cc(B4OC(C)(C)C(C)(C)O4)ccc3-c3ccc(B4OC(C)(C)C(C)(C)O4)cc31)c1cc(C(C)(CC)CCCC(C)C)ccc1-2. The monoisotopic (exact) mass is 849 g/mol. The minimum atomic E-state index is -0.597. The van der Waals surface area contributed by atoms with Gasteiger partial charge in [-0.2, -0.15) is 0 Å². The average Bonchev–Trinajstić information content (AvgIpc) is 3.84. The van der Waals surface area contributed by atoms with Gasteiger partial charge in [-0.25, -0.2) is 0 Å². The summed E-state index contributed by atoms with van der Waals surface area (Å²) in [6, 6.07) is 29.3. The molecule has 2 aliphatic heterocycles. The van der Waals surface area contributed by atoms with Gasteiger partial charge in [-0.1, -0.05) is 154 Å². The average molecular weight is 849 g/mol. The first-order valence-electron chi connectivity index (χ1n) is 24.7. The van der Waals surface area contributed by atoms with E-state index in [1.54, 1.807) is 0 Å². The first-order chi connectivity index (χ1) is 29.4. The maximum atomic E-state index is 6.81. The third-order valence-corrected chi connectivity index (χ3v) is 17.3. The van der Waals surface area contributed by atoms with Crippen LogP contribution in [0.5, 0.6) is 0 Å². The summed E-state index contributed by atoms with van der Waals surface area (Å²) in [5.41, 5.74) is 13.3. The van der Waals surface area contributed by atoms with Crippen LogP contribution < -0.4 is 10.9 Å². The lowest BCUT2D eigenvalue weighted by Crippen LogP contribution is -2.41. The van der Waals surface area contributed by atoms with Gasteiger partial charge in [-0.3, -0.25) is 0 Å². The fourth-order valence-electron chi connectivity index (χ4n) is 11.1. The van der Waals surface area contributed by atoms with E-state index in [0.29, 0.717) is 11.8 Å². The van der Waals surface area contributed by atoms with Crippen molar-refractivity contribution in [2.75, 3.05) is 0 Å². The van der Waals surface area contributed by atoms with Crippen LogP contribution in [0.3, 0.4) is 0 Å². The van der Waals surface area contributed by atoms with Crippen LogP contribution in [0.1, 0.15) is 196 Å². The molecule has 2 atom stereocenters. The van der Waals surface area contributed by atoms with E-state index in [1.807, 2.05) is 0 Å². The predicted molar refractivity (Wildman–Crippen MR) is 267 cm³/mol. The summed E-state index contributed by atoms with van der Waals surface area (Å²) in [6.07, 6.45) is 9.45. The second-order valence-corrected chi connectivity index (χ2v) is 23.5. The van der Waals surface area contributed by atoms with Crippen LogP contribution in [0.15, 0.2) is 72.8 Å². The Labute approximate surface area is 383 Å². The van der Waals surface area contributed by atoms with Gasteiger partial charge in [0.1, 0.15) is 0 Å². The Bertz CT molecular complexity index is 2170. The number of benzene rings is 4. The van der Waals surface area contributed by atoms with Crippen molar-refractivity contribution in [2.24, 2.45) is 11.8 Å². The van der Waals surface area contributed by atoms with E-state index >= 15 is 0 Å². The molecule has 2 heterocycles. The molecule has 4 nitrogen and oxygen atoms in total. The molecule has 2 fully saturated rings. The molecular weight excluding hydrogens is 770 g/mol. The number of hydrogen-bond acceptors (Lipinski definition) is 4. The van der Waals surface area contributed by atoms with E-state index in [2.05, 4.69) is 184 Å². The van der Waals surface area contributed by atoms with Gasteiger partial charge < -0.3 is 18.6 Å². The van der Waals surface area contributed by atoms with Crippen LogP contribution >= 0.6 is 0 Å². The molecule has 8 rings (SSSR count). The molecule has 336 valence electrons. The van der Waals surface area contributed by atoms with Crippen molar-refractivity contribution in [3.05, 3.63) is 106 Å². The number of hydrogen-bond donors (Lipinski definition) is 0. The lowest BCUT2D eigenvalue weighted by Gasteiger charge is -2.35. The first kappa shape index (κ1) is 46.4. The van der Waals surface area contributed by atoms with Gasteiger partial charge in [0, 0.05) is 0 Å². The van der Waals surface area contributed by atoms with Gasteiger partial charge in [0.15, 0.2) is 0 Å². The van der Waals surface area contributed by atoms with Gasteiger partial charge in [-0.05, 0) is 170 Å². The van der Waals surface area contributed by atoms with Crippen molar-refractivity contribution < 1.29 is 18.6 Å². The summed E-state index contributed by atoms with van der Waals surface area (Å²) in [4.78, 5) is 0. The molecule has 0 N–H and O–H groups in total. The Morgan fingerprint density at radius 3 is 1.06 bits per heavy atom. The van der Waals surface area contributed by atoms with Crippen LogP contribution in [0.25, 0.3) is 22.3 Å². The second kappa shape index (κ2) is 16.0. The maximum Gasteiger partial charge on any atom is 0.494 e. The minimum absolute atomic E-state index is 0.0432. The van der Waals surface area contributed by atoms with Crippen LogP contribution in [0.4, 0.5) is 0 Å². The summed E-state index contributed by atoms with van der Waals surface area (Å²) in [7, 11) is -0.957. The zero-order valence-corrected chi connectivity index (χ0v) is 42.0. The Morgan fingerprint density at radius 2 is 0.762 bits per heavy atom.